The SMILES string of the molecule is [CH2]c1ccccc1NCc1cccc(OC(F)(F)C(F)(F)F)c1. The second-order valence-corrected chi connectivity index (χ2v) is 4.77. The van der Waals surface area contributed by atoms with Gasteiger partial charge in [0.15, 0.2) is 0 Å². The summed E-state index contributed by atoms with van der Waals surface area (Å²) in [6, 6.07) is 12.2. The first-order valence-corrected chi connectivity index (χ1v) is 6.56. The zero-order valence-electron chi connectivity index (χ0n) is 11.8. The molecule has 2 aromatic rings. The Morgan fingerprint density at radius 2 is 1.65 bits per heavy atom. The van der Waals surface area contributed by atoms with Gasteiger partial charge in [0, 0.05) is 12.2 Å². The molecule has 0 amide bonds. The van der Waals surface area contributed by atoms with E-state index in [-0.39, 0.29) is 6.54 Å². The molecule has 0 atom stereocenters. The van der Waals surface area contributed by atoms with E-state index in [0.29, 0.717) is 5.56 Å². The van der Waals surface area contributed by atoms with Crippen LogP contribution in [0, 0.1) is 6.92 Å². The van der Waals surface area contributed by atoms with Crippen LogP contribution in [-0.2, 0) is 6.54 Å². The van der Waals surface area contributed by atoms with Crippen LogP contribution in [0.5, 0.6) is 5.75 Å². The first-order valence-electron chi connectivity index (χ1n) is 6.56. The maximum Gasteiger partial charge on any atom is 0.499 e. The molecule has 0 spiro atoms. The quantitative estimate of drug-likeness (QED) is 0.778. The molecule has 0 aliphatic rings. The summed E-state index contributed by atoms with van der Waals surface area (Å²) in [5.74, 6) is -0.561. The predicted octanol–water partition coefficient (Wildman–Crippen LogP) is 5.01. The van der Waals surface area contributed by atoms with Gasteiger partial charge in [0.1, 0.15) is 5.75 Å². The van der Waals surface area contributed by atoms with Gasteiger partial charge < -0.3 is 10.1 Å². The van der Waals surface area contributed by atoms with Crippen molar-refractivity contribution in [2.45, 2.75) is 18.8 Å². The molecule has 0 aliphatic carbocycles. The van der Waals surface area contributed by atoms with Gasteiger partial charge in [-0.2, -0.15) is 22.0 Å². The van der Waals surface area contributed by atoms with Crippen LogP contribution >= 0.6 is 0 Å². The lowest BCUT2D eigenvalue weighted by Gasteiger charge is -2.20. The number of halogens is 5. The van der Waals surface area contributed by atoms with Gasteiger partial charge in [-0.1, -0.05) is 30.3 Å². The highest BCUT2D eigenvalue weighted by Crippen LogP contribution is 2.37. The fraction of sp³-hybridized carbons (Fsp3) is 0.188. The highest BCUT2D eigenvalue weighted by Gasteiger charge is 2.61. The Bertz CT molecular complexity index is 670. The maximum atomic E-state index is 12.9. The van der Waals surface area contributed by atoms with Gasteiger partial charge in [0.25, 0.3) is 0 Å². The average molecular weight is 330 g/mol. The Kier molecular flexibility index (Phi) is 4.77. The van der Waals surface area contributed by atoms with E-state index >= 15 is 0 Å². The number of nitrogens with one attached hydrogen (secondary N) is 1. The summed E-state index contributed by atoms with van der Waals surface area (Å²) in [4.78, 5) is 0. The third-order valence-corrected chi connectivity index (χ3v) is 2.97. The maximum absolute atomic E-state index is 12.9. The summed E-state index contributed by atoms with van der Waals surface area (Å²) in [6.45, 7) is 4.04. The van der Waals surface area contributed by atoms with Crippen LogP contribution in [0.15, 0.2) is 48.5 Å². The van der Waals surface area contributed by atoms with E-state index < -0.39 is 18.0 Å². The molecule has 2 nitrogen and oxygen atoms in total. The molecule has 2 aromatic carbocycles. The number of hydrogen-bond acceptors (Lipinski definition) is 2. The van der Waals surface area contributed by atoms with Crippen molar-refractivity contribution in [3.05, 3.63) is 66.6 Å². The number of ether oxygens (including phenoxy) is 1. The summed E-state index contributed by atoms with van der Waals surface area (Å²) < 4.78 is 66.0. The van der Waals surface area contributed by atoms with Crippen molar-refractivity contribution in [2.75, 3.05) is 5.32 Å². The van der Waals surface area contributed by atoms with Gasteiger partial charge in [0.05, 0.1) is 0 Å². The van der Waals surface area contributed by atoms with Crippen molar-refractivity contribution in [1.29, 1.82) is 0 Å². The molecule has 0 aromatic heterocycles. The Morgan fingerprint density at radius 3 is 2.30 bits per heavy atom. The van der Waals surface area contributed by atoms with Gasteiger partial charge in [-0.3, -0.25) is 0 Å². The molecule has 0 fully saturated rings. The first kappa shape index (κ1) is 17.1. The van der Waals surface area contributed by atoms with Crippen LogP contribution in [0.3, 0.4) is 0 Å². The highest BCUT2D eigenvalue weighted by atomic mass is 19.4. The van der Waals surface area contributed by atoms with Gasteiger partial charge in [-0.15, -0.1) is 0 Å². The van der Waals surface area contributed by atoms with Crippen molar-refractivity contribution >= 4 is 5.69 Å². The molecule has 0 bridgehead atoms. The number of benzene rings is 2. The number of rotatable bonds is 5. The first-order chi connectivity index (χ1) is 10.7. The summed E-state index contributed by atoms with van der Waals surface area (Å²) >= 11 is 0. The summed E-state index contributed by atoms with van der Waals surface area (Å²) in [5, 5.41) is 3.02. The predicted molar refractivity (Wildman–Crippen MR) is 76.3 cm³/mol. The number of para-hydroxylation sites is 1. The van der Waals surface area contributed by atoms with E-state index in [2.05, 4.69) is 17.0 Å². The fourth-order valence-electron chi connectivity index (χ4n) is 1.81. The minimum absolute atomic E-state index is 0.224. The second kappa shape index (κ2) is 6.44. The van der Waals surface area contributed by atoms with Gasteiger partial charge in [0.2, 0.25) is 0 Å². The van der Waals surface area contributed by atoms with E-state index in [1.807, 2.05) is 0 Å². The molecular weight excluding hydrogens is 317 g/mol. The molecular formula is C16H13F5NO. The van der Waals surface area contributed by atoms with E-state index in [4.69, 9.17) is 0 Å². The third kappa shape index (κ3) is 4.34. The highest BCUT2D eigenvalue weighted by molar-refractivity contribution is 5.52. The summed E-state index contributed by atoms with van der Waals surface area (Å²) in [5.41, 5.74) is 1.96. The third-order valence-electron chi connectivity index (χ3n) is 2.97. The zero-order chi connectivity index (χ0) is 17.1. The van der Waals surface area contributed by atoms with Crippen LogP contribution in [0.1, 0.15) is 11.1 Å². The van der Waals surface area contributed by atoms with Crippen molar-refractivity contribution in [2.24, 2.45) is 0 Å². The van der Waals surface area contributed by atoms with Crippen LogP contribution < -0.4 is 10.1 Å². The van der Waals surface area contributed by atoms with Crippen LogP contribution in [0.4, 0.5) is 27.6 Å². The second-order valence-electron chi connectivity index (χ2n) is 4.77. The monoisotopic (exact) mass is 330 g/mol. The van der Waals surface area contributed by atoms with Gasteiger partial charge in [-0.05, 0) is 36.2 Å². The van der Waals surface area contributed by atoms with Crippen molar-refractivity contribution in [1.82, 2.24) is 0 Å². The Labute approximate surface area is 129 Å². The molecule has 1 radical (unpaired) electrons. The summed E-state index contributed by atoms with van der Waals surface area (Å²) in [6.07, 6.45) is -11.0. The Hall–Kier alpha value is -2.31. The topological polar surface area (TPSA) is 21.3 Å². The minimum Gasteiger partial charge on any atom is -0.426 e. The van der Waals surface area contributed by atoms with Crippen molar-refractivity contribution in [3.8, 4) is 5.75 Å². The smallest absolute Gasteiger partial charge is 0.426 e. The number of anilines is 1. The van der Waals surface area contributed by atoms with E-state index in [0.717, 1.165) is 23.4 Å². The Balaban J connectivity index is 2.07. The molecule has 0 saturated heterocycles. The standard InChI is InChI=1S/C16H13F5NO/c1-11-5-2-3-8-14(11)22-10-12-6-4-7-13(9-12)23-16(20,21)15(17,18)19/h2-9,22H,1,10H2. The zero-order valence-corrected chi connectivity index (χ0v) is 11.8. The van der Waals surface area contributed by atoms with Crippen molar-refractivity contribution < 1.29 is 26.7 Å². The van der Waals surface area contributed by atoms with E-state index in [1.54, 1.807) is 30.3 Å². The number of alkyl halides is 5. The molecule has 2 rings (SSSR count). The van der Waals surface area contributed by atoms with Gasteiger partial charge >= 0.3 is 12.3 Å². The molecule has 1 N–H and O–H groups in total. The minimum atomic E-state index is -5.77. The summed E-state index contributed by atoms with van der Waals surface area (Å²) in [7, 11) is 0. The average Bonchev–Trinajstić information content (AvgIpc) is 2.45. The van der Waals surface area contributed by atoms with Crippen molar-refractivity contribution in [3.63, 3.8) is 0 Å². The molecule has 23 heavy (non-hydrogen) atoms. The fourth-order valence-corrected chi connectivity index (χ4v) is 1.81. The molecule has 7 heteroatoms. The van der Waals surface area contributed by atoms with Crippen LogP contribution in [0.2, 0.25) is 0 Å². The van der Waals surface area contributed by atoms with Crippen LogP contribution in [0.25, 0.3) is 0 Å². The van der Waals surface area contributed by atoms with E-state index in [1.165, 1.54) is 6.07 Å². The lowest BCUT2D eigenvalue weighted by molar-refractivity contribution is -0.360. The number of hydrogen-bond donors (Lipinski definition) is 1. The largest absolute Gasteiger partial charge is 0.499 e. The molecule has 0 heterocycles. The normalized spacial score (nSPS) is 12.1. The molecule has 0 saturated carbocycles. The van der Waals surface area contributed by atoms with Crippen LogP contribution in [-0.4, -0.2) is 12.3 Å². The molecule has 0 unspecified atom stereocenters. The lowest BCUT2D eigenvalue weighted by atomic mass is 10.1. The molecule has 123 valence electrons. The van der Waals surface area contributed by atoms with E-state index in [9.17, 15) is 22.0 Å². The lowest BCUT2D eigenvalue weighted by Crippen LogP contribution is -2.41. The molecule has 0 aliphatic heterocycles. The Morgan fingerprint density at radius 1 is 0.957 bits per heavy atom. The van der Waals surface area contributed by atoms with Gasteiger partial charge in [-0.25, -0.2) is 0 Å².